The minimum absolute atomic E-state index is 0.152. The van der Waals surface area contributed by atoms with Crippen LogP contribution in [0.4, 0.5) is 5.95 Å². The molecular weight excluding hydrogens is 336 g/mol. The Morgan fingerprint density at radius 1 is 1.24 bits per heavy atom. The van der Waals surface area contributed by atoms with E-state index in [2.05, 4.69) is 20.6 Å². The fourth-order valence-electron chi connectivity index (χ4n) is 2.59. The molecule has 3 N–H and O–H groups in total. The van der Waals surface area contributed by atoms with Gasteiger partial charge in [0.05, 0.1) is 17.5 Å². The standard InChI is InChI=1S/C18H20N4O2S/c1-2-6-15(19-16(23)11-12-7-5-10-25-12)17(24)22-18-20-13-8-3-4-9-14(13)21-18/h3-5,7-10,15H,2,6,11H2,1H3,(H,19,23)(H2,20,21,22,24)/t15-/m0/s1. The predicted octanol–water partition coefficient (Wildman–Crippen LogP) is 3.09. The molecule has 2 aromatic heterocycles. The van der Waals surface area contributed by atoms with Crippen molar-refractivity contribution in [1.82, 2.24) is 15.3 Å². The Hall–Kier alpha value is -2.67. The van der Waals surface area contributed by atoms with Crippen molar-refractivity contribution in [3.8, 4) is 0 Å². The highest BCUT2D eigenvalue weighted by Crippen LogP contribution is 2.14. The summed E-state index contributed by atoms with van der Waals surface area (Å²) in [5, 5.41) is 7.52. The predicted molar refractivity (Wildman–Crippen MR) is 99.6 cm³/mol. The minimum Gasteiger partial charge on any atom is -0.344 e. The van der Waals surface area contributed by atoms with Crippen LogP contribution in [0.2, 0.25) is 0 Å². The van der Waals surface area contributed by atoms with E-state index >= 15 is 0 Å². The fourth-order valence-corrected chi connectivity index (χ4v) is 3.29. The average molecular weight is 356 g/mol. The summed E-state index contributed by atoms with van der Waals surface area (Å²) in [6.07, 6.45) is 1.65. The maximum Gasteiger partial charge on any atom is 0.249 e. The highest BCUT2D eigenvalue weighted by Gasteiger charge is 2.21. The maximum absolute atomic E-state index is 12.5. The lowest BCUT2D eigenvalue weighted by atomic mass is 10.1. The number of benzene rings is 1. The maximum atomic E-state index is 12.5. The fraction of sp³-hybridized carbons (Fsp3) is 0.278. The second-order valence-electron chi connectivity index (χ2n) is 5.76. The third kappa shape index (κ3) is 4.45. The molecule has 3 rings (SSSR count). The number of anilines is 1. The zero-order valence-electron chi connectivity index (χ0n) is 13.9. The molecule has 25 heavy (non-hydrogen) atoms. The summed E-state index contributed by atoms with van der Waals surface area (Å²) in [4.78, 5) is 33.1. The summed E-state index contributed by atoms with van der Waals surface area (Å²) >= 11 is 1.53. The number of nitrogens with zero attached hydrogens (tertiary/aromatic N) is 1. The van der Waals surface area contributed by atoms with Gasteiger partial charge in [-0.2, -0.15) is 0 Å². The minimum atomic E-state index is -0.578. The number of carbonyl (C=O) groups excluding carboxylic acids is 2. The van der Waals surface area contributed by atoms with Crippen molar-refractivity contribution in [2.75, 3.05) is 5.32 Å². The van der Waals surface area contributed by atoms with Gasteiger partial charge in [0.2, 0.25) is 17.8 Å². The van der Waals surface area contributed by atoms with Gasteiger partial charge in [0.25, 0.3) is 0 Å². The number of aromatic amines is 1. The number of rotatable bonds is 7. The van der Waals surface area contributed by atoms with Gasteiger partial charge in [-0.15, -0.1) is 11.3 Å². The van der Waals surface area contributed by atoms with Gasteiger partial charge in [0.1, 0.15) is 6.04 Å². The first-order chi connectivity index (χ1) is 12.2. The number of hydrogen-bond donors (Lipinski definition) is 3. The van der Waals surface area contributed by atoms with Crippen molar-refractivity contribution in [3.05, 3.63) is 46.7 Å². The van der Waals surface area contributed by atoms with Gasteiger partial charge in [-0.1, -0.05) is 31.5 Å². The summed E-state index contributed by atoms with van der Waals surface area (Å²) in [6, 6.07) is 10.8. The number of amides is 2. The molecular formula is C18H20N4O2S. The largest absolute Gasteiger partial charge is 0.344 e. The molecule has 0 saturated carbocycles. The van der Waals surface area contributed by atoms with Gasteiger partial charge in [-0.05, 0) is 30.0 Å². The summed E-state index contributed by atoms with van der Waals surface area (Å²) in [5.74, 6) is -0.0269. The topological polar surface area (TPSA) is 86.9 Å². The number of thiophene rings is 1. The van der Waals surface area contributed by atoms with E-state index in [1.165, 1.54) is 11.3 Å². The Bertz CT molecular complexity index is 824. The van der Waals surface area contributed by atoms with Crippen molar-refractivity contribution in [3.63, 3.8) is 0 Å². The van der Waals surface area contributed by atoms with Gasteiger partial charge < -0.3 is 10.3 Å². The number of carbonyl (C=O) groups is 2. The molecule has 7 heteroatoms. The molecule has 0 bridgehead atoms. The first-order valence-electron chi connectivity index (χ1n) is 8.23. The van der Waals surface area contributed by atoms with E-state index in [1.807, 2.05) is 48.7 Å². The second kappa shape index (κ2) is 7.94. The number of nitrogens with one attached hydrogen (secondary N) is 3. The molecule has 2 amide bonds. The molecule has 0 aliphatic heterocycles. The number of hydrogen-bond acceptors (Lipinski definition) is 4. The first-order valence-corrected chi connectivity index (χ1v) is 9.11. The highest BCUT2D eigenvalue weighted by atomic mass is 32.1. The molecule has 3 aromatic rings. The number of H-pyrrole nitrogens is 1. The molecule has 130 valence electrons. The molecule has 0 saturated heterocycles. The molecule has 2 heterocycles. The number of imidazole rings is 1. The Morgan fingerprint density at radius 3 is 2.80 bits per heavy atom. The Labute approximate surface area is 149 Å². The van der Waals surface area contributed by atoms with Crippen molar-refractivity contribution < 1.29 is 9.59 Å². The van der Waals surface area contributed by atoms with E-state index in [9.17, 15) is 9.59 Å². The van der Waals surface area contributed by atoms with Gasteiger partial charge in [0, 0.05) is 4.88 Å². The lowest BCUT2D eigenvalue weighted by Crippen LogP contribution is -2.44. The van der Waals surface area contributed by atoms with E-state index in [0.717, 1.165) is 22.3 Å². The van der Waals surface area contributed by atoms with Crippen LogP contribution in [0.25, 0.3) is 11.0 Å². The van der Waals surface area contributed by atoms with Gasteiger partial charge in [0.15, 0.2) is 0 Å². The molecule has 1 atom stereocenters. The normalized spacial score (nSPS) is 12.0. The van der Waals surface area contributed by atoms with E-state index in [-0.39, 0.29) is 18.2 Å². The van der Waals surface area contributed by atoms with Crippen LogP contribution in [0, 0.1) is 0 Å². The molecule has 0 spiro atoms. The van der Waals surface area contributed by atoms with Crippen LogP contribution in [0.5, 0.6) is 0 Å². The van der Waals surface area contributed by atoms with Gasteiger partial charge >= 0.3 is 0 Å². The molecule has 0 unspecified atom stereocenters. The Morgan fingerprint density at radius 2 is 2.08 bits per heavy atom. The third-order valence-corrected chi connectivity index (χ3v) is 4.65. The van der Waals surface area contributed by atoms with Crippen LogP contribution in [0.1, 0.15) is 24.6 Å². The smallest absolute Gasteiger partial charge is 0.249 e. The van der Waals surface area contributed by atoms with Crippen LogP contribution in [-0.2, 0) is 16.0 Å². The lowest BCUT2D eigenvalue weighted by molar-refractivity contribution is -0.126. The molecule has 0 radical (unpaired) electrons. The summed E-state index contributed by atoms with van der Waals surface area (Å²) in [7, 11) is 0. The highest BCUT2D eigenvalue weighted by molar-refractivity contribution is 7.10. The zero-order valence-corrected chi connectivity index (χ0v) is 14.7. The van der Waals surface area contributed by atoms with Crippen molar-refractivity contribution >= 4 is 40.1 Å². The zero-order chi connectivity index (χ0) is 17.6. The van der Waals surface area contributed by atoms with Crippen LogP contribution in [-0.4, -0.2) is 27.8 Å². The SMILES string of the molecule is CCC[C@H](NC(=O)Cc1cccs1)C(=O)Nc1nc2ccccc2[nH]1. The first kappa shape index (κ1) is 17.2. The Kier molecular flexibility index (Phi) is 5.45. The van der Waals surface area contributed by atoms with E-state index < -0.39 is 6.04 Å². The average Bonchev–Trinajstić information content (AvgIpc) is 3.23. The molecule has 0 fully saturated rings. The number of para-hydroxylation sites is 2. The quantitative estimate of drug-likeness (QED) is 0.608. The van der Waals surface area contributed by atoms with Crippen LogP contribution in [0.15, 0.2) is 41.8 Å². The van der Waals surface area contributed by atoms with Crippen LogP contribution < -0.4 is 10.6 Å². The van der Waals surface area contributed by atoms with Gasteiger partial charge in [-0.25, -0.2) is 4.98 Å². The number of aromatic nitrogens is 2. The van der Waals surface area contributed by atoms with Gasteiger partial charge in [-0.3, -0.25) is 14.9 Å². The monoisotopic (exact) mass is 356 g/mol. The van der Waals surface area contributed by atoms with Crippen LogP contribution in [0.3, 0.4) is 0 Å². The Balaban J connectivity index is 1.64. The van der Waals surface area contributed by atoms with E-state index in [1.54, 1.807) is 0 Å². The molecule has 1 aromatic carbocycles. The van der Waals surface area contributed by atoms with Crippen LogP contribution >= 0.6 is 11.3 Å². The third-order valence-electron chi connectivity index (χ3n) is 3.77. The van der Waals surface area contributed by atoms with E-state index in [4.69, 9.17) is 0 Å². The second-order valence-corrected chi connectivity index (χ2v) is 6.79. The number of fused-ring (bicyclic) bond motifs is 1. The van der Waals surface area contributed by atoms with E-state index in [0.29, 0.717) is 12.4 Å². The van der Waals surface area contributed by atoms with Crippen molar-refractivity contribution in [2.24, 2.45) is 0 Å². The molecule has 0 aliphatic carbocycles. The summed E-state index contributed by atoms with van der Waals surface area (Å²) in [6.45, 7) is 1.98. The van der Waals surface area contributed by atoms with Crippen molar-refractivity contribution in [1.29, 1.82) is 0 Å². The van der Waals surface area contributed by atoms with Crippen molar-refractivity contribution in [2.45, 2.75) is 32.2 Å². The molecule has 6 nitrogen and oxygen atoms in total. The summed E-state index contributed by atoms with van der Waals surface area (Å²) in [5.41, 5.74) is 1.64. The molecule has 0 aliphatic rings. The summed E-state index contributed by atoms with van der Waals surface area (Å²) < 4.78 is 0. The lowest BCUT2D eigenvalue weighted by Gasteiger charge is -2.16.